The normalized spacial score (nSPS) is 17.2. The molecular formula is C21H27N3O3S. The fourth-order valence-electron chi connectivity index (χ4n) is 3.39. The monoisotopic (exact) mass is 401 g/mol. The molecule has 1 atom stereocenters. The quantitative estimate of drug-likeness (QED) is 0.770. The molecule has 150 valence electrons. The van der Waals surface area contributed by atoms with Crippen LogP contribution in [0.5, 0.6) is 0 Å². The standard InChI is InChI=1S/C21H27N3O3S/c1-16-10-14-24(15-11-16)28(26,27)20-6-4-19(5-7-20)21(25)23(3)17(2)18-8-12-22-13-9-18/h4-9,12-13,16-17H,10-11,14-15H2,1-3H3. The van der Waals surface area contributed by atoms with Crippen LogP contribution in [0.4, 0.5) is 0 Å². The zero-order valence-corrected chi connectivity index (χ0v) is 17.4. The lowest BCUT2D eigenvalue weighted by Gasteiger charge is -2.29. The van der Waals surface area contributed by atoms with Crippen LogP contribution in [-0.4, -0.2) is 48.7 Å². The highest BCUT2D eigenvalue weighted by Gasteiger charge is 2.28. The number of hydrogen-bond acceptors (Lipinski definition) is 4. The summed E-state index contributed by atoms with van der Waals surface area (Å²) in [6.45, 7) is 5.20. The Balaban J connectivity index is 1.74. The lowest BCUT2D eigenvalue weighted by molar-refractivity contribution is 0.0742. The van der Waals surface area contributed by atoms with Crippen LogP contribution in [-0.2, 0) is 10.0 Å². The van der Waals surface area contributed by atoms with Gasteiger partial charge in [0.1, 0.15) is 0 Å². The number of carbonyl (C=O) groups excluding carboxylic acids is 1. The van der Waals surface area contributed by atoms with E-state index in [0.29, 0.717) is 24.6 Å². The van der Waals surface area contributed by atoms with Crippen LogP contribution in [0.25, 0.3) is 0 Å². The van der Waals surface area contributed by atoms with Crippen molar-refractivity contribution >= 4 is 15.9 Å². The maximum absolute atomic E-state index is 12.8. The average molecular weight is 402 g/mol. The van der Waals surface area contributed by atoms with E-state index >= 15 is 0 Å². The maximum Gasteiger partial charge on any atom is 0.254 e. The largest absolute Gasteiger partial charge is 0.335 e. The first-order valence-electron chi connectivity index (χ1n) is 9.58. The lowest BCUT2D eigenvalue weighted by atomic mass is 10.0. The maximum atomic E-state index is 12.8. The predicted octanol–water partition coefficient (Wildman–Crippen LogP) is 3.34. The lowest BCUT2D eigenvalue weighted by Crippen LogP contribution is -2.37. The first-order valence-corrected chi connectivity index (χ1v) is 11.0. The van der Waals surface area contributed by atoms with Gasteiger partial charge in [0, 0.05) is 38.1 Å². The second-order valence-corrected chi connectivity index (χ2v) is 9.42. The number of aromatic nitrogens is 1. The molecular weight excluding hydrogens is 374 g/mol. The minimum absolute atomic E-state index is 0.116. The second-order valence-electron chi connectivity index (χ2n) is 7.48. The number of sulfonamides is 1. The molecule has 28 heavy (non-hydrogen) atoms. The predicted molar refractivity (Wildman–Crippen MR) is 108 cm³/mol. The Hall–Kier alpha value is -2.25. The zero-order valence-electron chi connectivity index (χ0n) is 16.6. The Morgan fingerprint density at radius 1 is 1.11 bits per heavy atom. The molecule has 0 N–H and O–H groups in total. The number of benzene rings is 1. The molecule has 1 unspecified atom stereocenters. The number of amides is 1. The summed E-state index contributed by atoms with van der Waals surface area (Å²) < 4.78 is 27.2. The van der Waals surface area contributed by atoms with Gasteiger partial charge in [-0.3, -0.25) is 9.78 Å². The van der Waals surface area contributed by atoms with Crippen LogP contribution in [0, 0.1) is 5.92 Å². The molecule has 1 aliphatic rings. The molecule has 2 aromatic rings. The van der Waals surface area contributed by atoms with Crippen LogP contribution in [0.2, 0.25) is 0 Å². The SMILES string of the molecule is CC1CCN(S(=O)(=O)c2ccc(C(=O)N(C)C(C)c3ccncc3)cc2)CC1. The van der Waals surface area contributed by atoms with Gasteiger partial charge in [-0.1, -0.05) is 6.92 Å². The van der Waals surface area contributed by atoms with Gasteiger partial charge in [-0.25, -0.2) is 8.42 Å². The van der Waals surface area contributed by atoms with Gasteiger partial charge in [0.25, 0.3) is 5.91 Å². The number of carbonyl (C=O) groups is 1. The summed E-state index contributed by atoms with van der Waals surface area (Å²) in [4.78, 5) is 18.7. The summed E-state index contributed by atoms with van der Waals surface area (Å²) in [5.41, 5.74) is 1.46. The minimum atomic E-state index is -3.51. The van der Waals surface area contributed by atoms with Gasteiger partial charge in [0.15, 0.2) is 0 Å². The molecule has 6 nitrogen and oxygen atoms in total. The highest BCUT2D eigenvalue weighted by molar-refractivity contribution is 7.89. The van der Waals surface area contributed by atoms with E-state index in [1.54, 1.807) is 40.8 Å². The van der Waals surface area contributed by atoms with E-state index < -0.39 is 10.0 Å². The van der Waals surface area contributed by atoms with Crippen molar-refractivity contribution in [3.05, 3.63) is 59.9 Å². The topological polar surface area (TPSA) is 70.6 Å². The molecule has 1 aromatic heterocycles. The van der Waals surface area contributed by atoms with E-state index in [-0.39, 0.29) is 16.8 Å². The minimum Gasteiger partial charge on any atom is -0.335 e. The number of hydrogen-bond donors (Lipinski definition) is 0. The molecule has 0 radical (unpaired) electrons. The number of nitrogens with zero attached hydrogens (tertiary/aromatic N) is 3. The molecule has 1 amide bonds. The van der Waals surface area contributed by atoms with Crippen molar-refractivity contribution in [2.45, 2.75) is 37.6 Å². The van der Waals surface area contributed by atoms with Gasteiger partial charge in [0.05, 0.1) is 10.9 Å². The van der Waals surface area contributed by atoms with Crippen molar-refractivity contribution in [1.82, 2.24) is 14.2 Å². The van der Waals surface area contributed by atoms with E-state index in [4.69, 9.17) is 0 Å². The highest BCUT2D eigenvalue weighted by atomic mass is 32.2. The third-order valence-electron chi connectivity index (χ3n) is 5.57. The van der Waals surface area contributed by atoms with Crippen molar-refractivity contribution in [2.75, 3.05) is 20.1 Å². The summed E-state index contributed by atoms with van der Waals surface area (Å²) in [6, 6.07) is 9.90. The number of rotatable bonds is 5. The Kier molecular flexibility index (Phi) is 6.15. The van der Waals surface area contributed by atoms with E-state index in [1.165, 1.54) is 12.1 Å². The molecule has 2 heterocycles. The molecule has 0 aliphatic carbocycles. The Morgan fingerprint density at radius 3 is 2.25 bits per heavy atom. The number of pyridine rings is 1. The van der Waals surface area contributed by atoms with Crippen LogP contribution in [0.3, 0.4) is 0 Å². The molecule has 7 heteroatoms. The van der Waals surface area contributed by atoms with E-state index in [1.807, 2.05) is 19.1 Å². The van der Waals surface area contributed by atoms with Gasteiger partial charge in [-0.2, -0.15) is 4.31 Å². The molecule has 3 rings (SSSR count). The average Bonchev–Trinajstić information content (AvgIpc) is 2.73. The third kappa shape index (κ3) is 4.25. The molecule has 0 spiro atoms. The first-order chi connectivity index (χ1) is 13.3. The van der Waals surface area contributed by atoms with Crippen LogP contribution in [0.15, 0.2) is 53.7 Å². The fraction of sp³-hybridized carbons (Fsp3) is 0.429. The summed E-state index contributed by atoms with van der Waals surface area (Å²) in [5, 5.41) is 0. The van der Waals surface area contributed by atoms with Crippen molar-refractivity contribution in [2.24, 2.45) is 5.92 Å². The van der Waals surface area contributed by atoms with Crippen LogP contribution in [0.1, 0.15) is 48.7 Å². The van der Waals surface area contributed by atoms with E-state index in [2.05, 4.69) is 11.9 Å². The first kappa shape index (κ1) is 20.5. The molecule has 1 aromatic carbocycles. The molecule has 1 fully saturated rings. The van der Waals surface area contributed by atoms with Crippen molar-refractivity contribution in [3.8, 4) is 0 Å². The zero-order chi connectivity index (χ0) is 20.3. The number of piperidine rings is 1. The van der Waals surface area contributed by atoms with Gasteiger partial charge in [-0.05, 0) is 67.6 Å². The van der Waals surface area contributed by atoms with E-state index in [0.717, 1.165) is 18.4 Å². The van der Waals surface area contributed by atoms with E-state index in [9.17, 15) is 13.2 Å². The summed E-state index contributed by atoms with van der Waals surface area (Å²) in [5.74, 6) is 0.407. The molecule has 0 saturated carbocycles. The van der Waals surface area contributed by atoms with Gasteiger partial charge >= 0.3 is 0 Å². The van der Waals surface area contributed by atoms with Crippen molar-refractivity contribution in [1.29, 1.82) is 0 Å². The highest BCUT2D eigenvalue weighted by Crippen LogP contribution is 2.25. The molecule has 0 bridgehead atoms. The Morgan fingerprint density at radius 2 is 1.68 bits per heavy atom. The fourth-order valence-corrected chi connectivity index (χ4v) is 4.86. The van der Waals surface area contributed by atoms with Gasteiger partial charge in [0.2, 0.25) is 10.0 Å². The Bertz CT molecular complexity index is 906. The third-order valence-corrected chi connectivity index (χ3v) is 7.48. The molecule has 1 aliphatic heterocycles. The van der Waals surface area contributed by atoms with Gasteiger partial charge < -0.3 is 4.90 Å². The molecule has 1 saturated heterocycles. The summed E-state index contributed by atoms with van der Waals surface area (Å²) >= 11 is 0. The second kappa shape index (κ2) is 8.41. The van der Waals surface area contributed by atoms with Crippen molar-refractivity contribution in [3.63, 3.8) is 0 Å². The van der Waals surface area contributed by atoms with Crippen molar-refractivity contribution < 1.29 is 13.2 Å². The Labute approximate surface area is 167 Å². The summed E-state index contributed by atoms with van der Waals surface area (Å²) in [7, 11) is -1.76. The van der Waals surface area contributed by atoms with Crippen LogP contribution >= 0.6 is 0 Å². The van der Waals surface area contributed by atoms with Gasteiger partial charge in [-0.15, -0.1) is 0 Å². The smallest absolute Gasteiger partial charge is 0.254 e. The van der Waals surface area contributed by atoms with Crippen LogP contribution < -0.4 is 0 Å². The summed E-state index contributed by atoms with van der Waals surface area (Å²) in [6.07, 6.45) is 5.16.